The summed E-state index contributed by atoms with van der Waals surface area (Å²) in [6, 6.07) is 8.09. The van der Waals surface area contributed by atoms with Crippen LogP contribution in [0, 0.1) is 13.8 Å². The molecule has 0 aromatic heterocycles. The molecule has 162 valence electrons. The lowest BCUT2D eigenvalue weighted by molar-refractivity contribution is -0.142. The number of benzene rings is 2. The molecule has 0 aliphatic heterocycles. The normalized spacial score (nSPS) is 11.7. The Balaban J connectivity index is 2.22. The molecule has 1 N–H and O–H groups in total. The summed E-state index contributed by atoms with van der Waals surface area (Å²) >= 11 is 15.8. The number of hydrogen-bond donors (Lipinski definition) is 1. The van der Waals surface area contributed by atoms with E-state index in [0.717, 1.165) is 15.6 Å². The summed E-state index contributed by atoms with van der Waals surface area (Å²) in [6.45, 7) is 7.86. The van der Waals surface area contributed by atoms with Crippen LogP contribution in [0.15, 0.2) is 34.8 Å². The molecule has 0 unspecified atom stereocenters. The van der Waals surface area contributed by atoms with Gasteiger partial charge in [0.05, 0.1) is 0 Å². The molecule has 2 aromatic carbocycles. The van der Waals surface area contributed by atoms with Crippen molar-refractivity contribution in [3.63, 3.8) is 0 Å². The molecule has 8 heteroatoms. The molecule has 0 heterocycles. The molecule has 0 aliphatic rings. The highest BCUT2D eigenvalue weighted by molar-refractivity contribution is 9.10. The van der Waals surface area contributed by atoms with Crippen LogP contribution in [0.4, 0.5) is 0 Å². The molecular weight excluding hydrogens is 491 g/mol. The fourth-order valence-corrected chi connectivity index (χ4v) is 3.65. The zero-order valence-corrected chi connectivity index (χ0v) is 20.5. The first-order valence-corrected chi connectivity index (χ1v) is 11.1. The number of ether oxygens (including phenoxy) is 1. The Bertz CT molecular complexity index is 914. The zero-order chi connectivity index (χ0) is 22.4. The van der Waals surface area contributed by atoms with E-state index in [9.17, 15) is 9.59 Å². The Morgan fingerprint density at radius 2 is 1.80 bits per heavy atom. The van der Waals surface area contributed by atoms with E-state index in [1.165, 1.54) is 4.90 Å². The second-order valence-electron chi connectivity index (χ2n) is 6.99. The second kappa shape index (κ2) is 11.0. The van der Waals surface area contributed by atoms with Gasteiger partial charge in [-0.3, -0.25) is 9.59 Å². The first-order chi connectivity index (χ1) is 14.1. The van der Waals surface area contributed by atoms with E-state index < -0.39 is 6.04 Å². The number of carbonyl (C=O) groups excluding carboxylic acids is 2. The number of carbonyl (C=O) groups is 2. The Kier molecular flexibility index (Phi) is 9.01. The van der Waals surface area contributed by atoms with Crippen molar-refractivity contribution >= 4 is 50.9 Å². The van der Waals surface area contributed by atoms with Crippen LogP contribution >= 0.6 is 39.1 Å². The van der Waals surface area contributed by atoms with Crippen molar-refractivity contribution in [1.82, 2.24) is 10.2 Å². The maximum atomic E-state index is 13.0. The third-order valence-corrected chi connectivity index (χ3v) is 6.48. The van der Waals surface area contributed by atoms with Crippen molar-refractivity contribution in [2.75, 3.05) is 13.2 Å². The van der Waals surface area contributed by atoms with Gasteiger partial charge >= 0.3 is 0 Å². The van der Waals surface area contributed by atoms with Crippen molar-refractivity contribution in [3.05, 3.63) is 61.5 Å². The van der Waals surface area contributed by atoms with Crippen LogP contribution in [-0.2, 0) is 16.1 Å². The van der Waals surface area contributed by atoms with Gasteiger partial charge in [-0.2, -0.15) is 0 Å². The predicted molar refractivity (Wildman–Crippen MR) is 124 cm³/mol. The van der Waals surface area contributed by atoms with Gasteiger partial charge in [0.2, 0.25) is 5.91 Å². The fraction of sp³-hybridized carbons (Fsp3) is 0.364. The molecule has 0 saturated carbocycles. The van der Waals surface area contributed by atoms with Crippen LogP contribution in [0.2, 0.25) is 10.0 Å². The molecule has 0 saturated heterocycles. The lowest BCUT2D eigenvalue weighted by Gasteiger charge is -2.29. The number of halogens is 3. The molecule has 0 aliphatic carbocycles. The summed E-state index contributed by atoms with van der Waals surface area (Å²) in [7, 11) is 0. The van der Waals surface area contributed by atoms with Gasteiger partial charge in [-0.15, -0.1) is 0 Å². The third kappa shape index (κ3) is 6.37. The summed E-state index contributed by atoms with van der Waals surface area (Å²) in [6.07, 6.45) is 0. The van der Waals surface area contributed by atoms with Crippen LogP contribution in [0.5, 0.6) is 5.75 Å². The molecule has 5 nitrogen and oxygen atoms in total. The summed E-state index contributed by atoms with van der Waals surface area (Å²) < 4.78 is 6.75. The predicted octanol–water partition coefficient (Wildman–Crippen LogP) is 5.30. The SMILES string of the molecule is CCNC(=O)[C@H](C)N(Cc1ccc(Cl)cc1Cl)C(=O)COc1cc(C)c(Br)c(C)c1. The molecule has 2 amide bonds. The van der Waals surface area contributed by atoms with E-state index in [1.807, 2.05) is 32.9 Å². The van der Waals surface area contributed by atoms with Crippen LogP contribution in [0.25, 0.3) is 0 Å². The summed E-state index contributed by atoms with van der Waals surface area (Å²) in [5, 5.41) is 3.69. The quantitative estimate of drug-likeness (QED) is 0.518. The average Bonchev–Trinajstić information content (AvgIpc) is 2.69. The highest BCUT2D eigenvalue weighted by Crippen LogP contribution is 2.27. The molecule has 30 heavy (non-hydrogen) atoms. The average molecular weight is 516 g/mol. The highest BCUT2D eigenvalue weighted by atomic mass is 79.9. The number of nitrogens with zero attached hydrogens (tertiary/aromatic N) is 1. The molecule has 0 fully saturated rings. The molecule has 0 bridgehead atoms. The molecule has 0 spiro atoms. The lowest BCUT2D eigenvalue weighted by atomic mass is 10.1. The summed E-state index contributed by atoms with van der Waals surface area (Å²) in [5.74, 6) is 0.0287. The first-order valence-electron chi connectivity index (χ1n) is 9.54. The Labute approximate surface area is 195 Å². The van der Waals surface area contributed by atoms with Crippen molar-refractivity contribution in [2.45, 2.75) is 40.3 Å². The Morgan fingerprint density at radius 1 is 1.17 bits per heavy atom. The largest absolute Gasteiger partial charge is 0.484 e. The van der Waals surface area contributed by atoms with E-state index >= 15 is 0 Å². The minimum absolute atomic E-state index is 0.162. The van der Waals surface area contributed by atoms with E-state index in [2.05, 4.69) is 21.2 Å². The summed E-state index contributed by atoms with van der Waals surface area (Å²) in [5.41, 5.74) is 2.72. The van der Waals surface area contributed by atoms with Crippen molar-refractivity contribution in [2.24, 2.45) is 0 Å². The van der Waals surface area contributed by atoms with Gasteiger partial charge in [0.1, 0.15) is 11.8 Å². The maximum Gasteiger partial charge on any atom is 0.261 e. The molecule has 1 atom stereocenters. The van der Waals surface area contributed by atoms with E-state index in [4.69, 9.17) is 27.9 Å². The van der Waals surface area contributed by atoms with Gasteiger partial charge in [0.25, 0.3) is 5.91 Å². The van der Waals surface area contributed by atoms with Crippen molar-refractivity contribution in [3.8, 4) is 5.75 Å². The highest BCUT2D eigenvalue weighted by Gasteiger charge is 2.27. The molecule has 2 aromatic rings. The van der Waals surface area contributed by atoms with Gasteiger partial charge < -0.3 is 15.0 Å². The third-order valence-electron chi connectivity index (χ3n) is 4.65. The minimum atomic E-state index is -0.693. The van der Waals surface area contributed by atoms with E-state index in [1.54, 1.807) is 25.1 Å². The van der Waals surface area contributed by atoms with Crippen molar-refractivity contribution in [1.29, 1.82) is 0 Å². The minimum Gasteiger partial charge on any atom is -0.484 e. The van der Waals surface area contributed by atoms with Crippen LogP contribution in [-0.4, -0.2) is 35.9 Å². The van der Waals surface area contributed by atoms with Crippen LogP contribution in [0.3, 0.4) is 0 Å². The van der Waals surface area contributed by atoms with Crippen LogP contribution < -0.4 is 10.1 Å². The standard InChI is InChI=1S/C22H25BrCl2N2O3/c1-5-26-22(29)15(4)27(11-16-6-7-17(24)10-19(16)25)20(28)12-30-18-8-13(2)21(23)14(3)9-18/h6-10,15H,5,11-12H2,1-4H3,(H,26,29)/t15-/m0/s1. The number of amides is 2. The Hall–Kier alpha value is -1.76. The zero-order valence-electron chi connectivity index (χ0n) is 17.4. The van der Waals surface area contributed by atoms with Gasteiger partial charge in [-0.1, -0.05) is 45.2 Å². The van der Waals surface area contributed by atoms with E-state index in [0.29, 0.717) is 27.9 Å². The number of likely N-dealkylation sites (N-methyl/N-ethyl adjacent to an activating group) is 1. The number of hydrogen-bond acceptors (Lipinski definition) is 3. The van der Waals surface area contributed by atoms with Gasteiger partial charge in [-0.05, 0) is 68.7 Å². The number of aryl methyl sites for hydroxylation is 2. The van der Waals surface area contributed by atoms with Crippen molar-refractivity contribution < 1.29 is 14.3 Å². The number of rotatable bonds is 8. The molecule has 2 rings (SSSR count). The number of nitrogens with one attached hydrogen (secondary N) is 1. The van der Waals surface area contributed by atoms with Gasteiger partial charge in [0, 0.05) is 27.6 Å². The topological polar surface area (TPSA) is 58.6 Å². The van der Waals surface area contributed by atoms with E-state index in [-0.39, 0.29) is 25.0 Å². The lowest BCUT2D eigenvalue weighted by Crippen LogP contribution is -2.49. The second-order valence-corrected chi connectivity index (χ2v) is 8.62. The molecular formula is C22H25BrCl2N2O3. The van der Waals surface area contributed by atoms with Gasteiger partial charge in [-0.25, -0.2) is 0 Å². The van der Waals surface area contributed by atoms with Gasteiger partial charge in [0.15, 0.2) is 6.61 Å². The summed E-state index contributed by atoms with van der Waals surface area (Å²) in [4.78, 5) is 26.9. The smallest absolute Gasteiger partial charge is 0.261 e. The first kappa shape index (κ1) is 24.5. The van der Waals surface area contributed by atoms with Crippen LogP contribution in [0.1, 0.15) is 30.5 Å². The maximum absolute atomic E-state index is 13.0. The molecule has 0 radical (unpaired) electrons. The monoisotopic (exact) mass is 514 g/mol. The fourth-order valence-electron chi connectivity index (χ4n) is 2.96. The Morgan fingerprint density at radius 3 is 2.37 bits per heavy atom.